The maximum absolute atomic E-state index is 13.9. The average molecular weight is 506 g/mol. The van der Waals surface area contributed by atoms with Gasteiger partial charge in [0.15, 0.2) is 0 Å². The summed E-state index contributed by atoms with van der Waals surface area (Å²) in [6, 6.07) is 7.26. The summed E-state index contributed by atoms with van der Waals surface area (Å²) in [5, 5.41) is 18.8. The van der Waals surface area contributed by atoms with Gasteiger partial charge >= 0.3 is 0 Å². The average Bonchev–Trinajstić information content (AvgIpc) is 2.86. The third kappa shape index (κ3) is 4.82. The number of anilines is 1. The normalized spacial score (nSPS) is 15.2. The molecule has 1 saturated heterocycles. The Bertz CT molecular complexity index is 1480. The summed E-state index contributed by atoms with van der Waals surface area (Å²) in [6.07, 6.45) is 6.15. The monoisotopic (exact) mass is 505 g/mol. The first-order chi connectivity index (χ1) is 17.4. The minimum absolute atomic E-state index is 0.134. The fourth-order valence-electron chi connectivity index (χ4n) is 4.58. The molecule has 0 radical (unpaired) electrons. The van der Waals surface area contributed by atoms with Crippen molar-refractivity contribution in [3.63, 3.8) is 0 Å². The van der Waals surface area contributed by atoms with E-state index in [1.54, 1.807) is 35.3 Å². The molecule has 0 aliphatic carbocycles. The van der Waals surface area contributed by atoms with E-state index >= 15 is 0 Å². The Hall–Kier alpha value is -3.40. The van der Waals surface area contributed by atoms with Crippen molar-refractivity contribution in [3.05, 3.63) is 63.9 Å². The van der Waals surface area contributed by atoms with Gasteiger partial charge in [0.1, 0.15) is 5.65 Å². The van der Waals surface area contributed by atoms with Crippen LogP contribution in [-0.2, 0) is 6.54 Å². The Balaban J connectivity index is 1.65. The highest BCUT2D eigenvalue weighted by Crippen LogP contribution is 2.32. The number of rotatable bonds is 6. The van der Waals surface area contributed by atoms with Crippen molar-refractivity contribution in [1.82, 2.24) is 29.8 Å². The summed E-state index contributed by atoms with van der Waals surface area (Å²) in [6.45, 7) is 6.00. The van der Waals surface area contributed by atoms with Crippen molar-refractivity contribution >= 4 is 28.6 Å². The first-order valence-electron chi connectivity index (χ1n) is 12.0. The molecule has 0 unspecified atom stereocenters. The third-order valence-corrected chi connectivity index (χ3v) is 6.77. The molecule has 1 aliphatic rings. The molecule has 10 heteroatoms. The van der Waals surface area contributed by atoms with E-state index in [-0.39, 0.29) is 12.1 Å². The molecule has 1 aromatic carbocycles. The Morgan fingerprint density at radius 1 is 1.14 bits per heavy atom. The number of fused-ring (bicyclic) bond motifs is 1. The van der Waals surface area contributed by atoms with Crippen LogP contribution >= 0.6 is 11.6 Å². The molecule has 4 heterocycles. The van der Waals surface area contributed by atoms with Gasteiger partial charge in [-0.3, -0.25) is 14.3 Å². The predicted octanol–water partition coefficient (Wildman–Crippen LogP) is 3.42. The minimum atomic E-state index is -1.01. The number of nitrogens with one attached hydrogen (secondary N) is 2. The molecule has 0 amide bonds. The molecular weight excluding hydrogens is 478 g/mol. The molecule has 3 N–H and O–H groups in total. The number of halogens is 1. The molecule has 3 aromatic heterocycles. The molecule has 1 fully saturated rings. The molecule has 186 valence electrons. The molecule has 36 heavy (non-hydrogen) atoms. The van der Waals surface area contributed by atoms with Crippen molar-refractivity contribution in [2.45, 2.75) is 38.8 Å². The maximum atomic E-state index is 13.9. The Labute approximate surface area is 213 Å². The van der Waals surface area contributed by atoms with Gasteiger partial charge in [0.05, 0.1) is 29.7 Å². The molecule has 1 aliphatic heterocycles. The maximum Gasteiger partial charge on any atom is 0.260 e. The van der Waals surface area contributed by atoms with Gasteiger partial charge in [-0.25, -0.2) is 9.97 Å². The minimum Gasteiger partial charge on any atom is -0.388 e. The lowest BCUT2D eigenvalue weighted by Crippen LogP contribution is -2.46. The van der Waals surface area contributed by atoms with E-state index in [2.05, 4.69) is 30.6 Å². The van der Waals surface area contributed by atoms with Gasteiger partial charge in [0.25, 0.3) is 5.56 Å². The number of piperidine rings is 1. The van der Waals surface area contributed by atoms with Crippen molar-refractivity contribution in [3.8, 4) is 22.4 Å². The quantitative estimate of drug-likeness (QED) is 0.365. The van der Waals surface area contributed by atoms with Gasteiger partial charge in [-0.1, -0.05) is 23.7 Å². The van der Waals surface area contributed by atoms with Crippen LogP contribution in [0.5, 0.6) is 0 Å². The van der Waals surface area contributed by atoms with E-state index < -0.39 is 5.60 Å². The van der Waals surface area contributed by atoms with Crippen molar-refractivity contribution in [2.75, 3.05) is 25.0 Å². The predicted molar refractivity (Wildman–Crippen MR) is 141 cm³/mol. The van der Waals surface area contributed by atoms with Crippen LogP contribution in [0.2, 0.25) is 5.02 Å². The van der Waals surface area contributed by atoms with Crippen LogP contribution in [-0.4, -0.2) is 54.8 Å². The van der Waals surface area contributed by atoms with Crippen LogP contribution in [0.3, 0.4) is 0 Å². The second kappa shape index (κ2) is 9.93. The number of aliphatic hydroxyl groups is 1. The third-order valence-electron chi connectivity index (χ3n) is 6.46. The number of hydrogen-bond acceptors (Lipinski definition) is 8. The zero-order valence-electron chi connectivity index (χ0n) is 20.3. The van der Waals surface area contributed by atoms with E-state index in [1.807, 2.05) is 26.0 Å². The van der Waals surface area contributed by atoms with E-state index in [0.717, 1.165) is 11.3 Å². The fraction of sp³-hybridized carbons (Fsp3) is 0.346. The second-order valence-electron chi connectivity index (χ2n) is 9.17. The second-order valence-corrected chi connectivity index (χ2v) is 9.57. The lowest BCUT2D eigenvalue weighted by atomic mass is 9.92. The molecule has 0 saturated carbocycles. The molecule has 4 aromatic rings. The number of nitrogens with zero attached hydrogens (tertiary/aromatic N) is 5. The number of benzene rings is 1. The molecule has 5 rings (SSSR count). The lowest BCUT2D eigenvalue weighted by Gasteiger charge is -2.33. The number of aryl methyl sites for hydroxylation is 1. The highest BCUT2D eigenvalue weighted by atomic mass is 35.5. The van der Waals surface area contributed by atoms with Gasteiger partial charge in [-0.15, -0.1) is 0 Å². The molecule has 0 atom stereocenters. The van der Waals surface area contributed by atoms with Gasteiger partial charge in [-0.05, 0) is 51.9 Å². The van der Waals surface area contributed by atoms with Gasteiger partial charge in [0, 0.05) is 46.0 Å². The zero-order valence-corrected chi connectivity index (χ0v) is 21.0. The summed E-state index contributed by atoms with van der Waals surface area (Å²) in [5.74, 6) is 0.435. The van der Waals surface area contributed by atoms with E-state index in [1.165, 1.54) is 0 Å². The smallest absolute Gasteiger partial charge is 0.260 e. The topological polar surface area (TPSA) is 118 Å². The summed E-state index contributed by atoms with van der Waals surface area (Å²) < 4.78 is 1.56. The Morgan fingerprint density at radius 3 is 2.67 bits per heavy atom. The SMILES string of the molecule is CCNc1ncc2cc(-c3ccc(-c4cncc(C)n4)cc3Cl)c(=O)n(CC3(O)CCNCC3)c2n1. The molecule has 9 nitrogen and oxygen atoms in total. The van der Waals surface area contributed by atoms with Crippen molar-refractivity contribution < 1.29 is 5.11 Å². The van der Waals surface area contributed by atoms with E-state index in [0.29, 0.717) is 71.3 Å². The van der Waals surface area contributed by atoms with Crippen LogP contribution < -0.4 is 16.2 Å². The van der Waals surface area contributed by atoms with Gasteiger partial charge in [0.2, 0.25) is 5.95 Å². The standard InChI is InChI=1S/C26H28ClN7O2/c1-3-30-25-31-13-18-10-20(19-5-4-17(11-21(19)27)22-14-29-12-16(2)32-22)24(35)34(23(18)33-25)15-26(36)6-8-28-9-7-26/h4-5,10-14,28,36H,3,6-9,15H2,1-2H3,(H,30,31,33). The van der Waals surface area contributed by atoms with Crippen LogP contribution in [0.15, 0.2) is 47.7 Å². The summed E-state index contributed by atoms with van der Waals surface area (Å²) in [7, 11) is 0. The highest BCUT2D eigenvalue weighted by molar-refractivity contribution is 6.33. The number of hydrogen-bond donors (Lipinski definition) is 3. The first-order valence-corrected chi connectivity index (χ1v) is 12.4. The van der Waals surface area contributed by atoms with Gasteiger partial charge < -0.3 is 15.7 Å². The van der Waals surface area contributed by atoms with Gasteiger partial charge in [-0.2, -0.15) is 4.98 Å². The Kier molecular flexibility index (Phi) is 6.70. The lowest BCUT2D eigenvalue weighted by molar-refractivity contribution is -0.00520. The zero-order chi connectivity index (χ0) is 25.3. The van der Waals surface area contributed by atoms with Crippen LogP contribution in [0.4, 0.5) is 5.95 Å². The van der Waals surface area contributed by atoms with E-state index in [4.69, 9.17) is 11.6 Å². The largest absolute Gasteiger partial charge is 0.388 e. The van der Waals surface area contributed by atoms with Crippen molar-refractivity contribution in [1.29, 1.82) is 0 Å². The van der Waals surface area contributed by atoms with Crippen LogP contribution in [0.1, 0.15) is 25.5 Å². The number of pyridine rings is 1. The van der Waals surface area contributed by atoms with Crippen LogP contribution in [0.25, 0.3) is 33.4 Å². The number of aromatic nitrogens is 5. The molecule has 0 bridgehead atoms. The Morgan fingerprint density at radius 2 is 1.94 bits per heavy atom. The molecular formula is C26H28ClN7O2. The summed E-state index contributed by atoms with van der Waals surface area (Å²) >= 11 is 6.72. The summed E-state index contributed by atoms with van der Waals surface area (Å²) in [5.41, 5.74) is 2.53. The first kappa shape index (κ1) is 24.3. The van der Waals surface area contributed by atoms with Crippen LogP contribution in [0, 0.1) is 6.92 Å². The highest BCUT2D eigenvalue weighted by Gasteiger charge is 2.31. The van der Waals surface area contributed by atoms with E-state index in [9.17, 15) is 9.90 Å². The molecule has 0 spiro atoms. The van der Waals surface area contributed by atoms with Crippen molar-refractivity contribution in [2.24, 2.45) is 0 Å². The fourth-order valence-corrected chi connectivity index (χ4v) is 4.86. The summed E-state index contributed by atoms with van der Waals surface area (Å²) in [4.78, 5) is 31.6.